The van der Waals surface area contributed by atoms with Gasteiger partial charge in [0.25, 0.3) is 5.91 Å². The van der Waals surface area contributed by atoms with Crippen LogP contribution in [-0.2, 0) is 14.6 Å². The Kier molecular flexibility index (Phi) is 4.45. The van der Waals surface area contributed by atoms with E-state index in [4.69, 9.17) is 0 Å². The van der Waals surface area contributed by atoms with E-state index in [9.17, 15) is 13.2 Å². The number of hydrogen-bond donors (Lipinski definition) is 0. The predicted octanol–water partition coefficient (Wildman–Crippen LogP) is 2.97. The van der Waals surface area contributed by atoms with Gasteiger partial charge in [-0.2, -0.15) is 20.3 Å². The number of anilines is 1. The molecule has 0 saturated heterocycles. The van der Waals surface area contributed by atoms with Gasteiger partial charge < -0.3 is 0 Å². The molecule has 7 nitrogen and oxygen atoms in total. The molecular formula is C17H16N4O3S. The smallest absolute Gasteiger partial charge is 0.269 e. The fourth-order valence-electron chi connectivity index (χ4n) is 2.33. The van der Waals surface area contributed by atoms with Gasteiger partial charge >= 0.3 is 0 Å². The van der Waals surface area contributed by atoms with E-state index in [-0.39, 0.29) is 10.8 Å². The summed E-state index contributed by atoms with van der Waals surface area (Å²) in [7, 11) is -3.26. The van der Waals surface area contributed by atoms with Gasteiger partial charge in [-0.25, -0.2) is 8.42 Å². The summed E-state index contributed by atoms with van der Waals surface area (Å²) in [6.45, 7) is 1.72. The molecule has 1 aliphatic heterocycles. The van der Waals surface area contributed by atoms with E-state index in [1.54, 1.807) is 31.2 Å². The van der Waals surface area contributed by atoms with Crippen molar-refractivity contribution in [1.82, 2.24) is 0 Å². The third-order valence-electron chi connectivity index (χ3n) is 3.65. The van der Waals surface area contributed by atoms with Gasteiger partial charge in [-0.3, -0.25) is 4.79 Å². The molecule has 0 spiro atoms. The molecule has 1 atom stereocenters. The Morgan fingerprint density at radius 3 is 2.28 bits per heavy atom. The van der Waals surface area contributed by atoms with Crippen molar-refractivity contribution in [2.45, 2.75) is 17.9 Å². The molecule has 0 aliphatic carbocycles. The van der Waals surface area contributed by atoms with Crippen LogP contribution >= 0.6 is 0 Å². The second kappa shape index (κ2) is 6.56. The van der Waals surface area contributed by atoms with Crippen LogP contribution in [0.25, 0.3) is 0 Å². The molecule has 0 N–H and O–H groups in total. The van der Waals surface area contributed by atoms with Gasteiger partial charge in [-0.15, -0.1) is 0 Å². The predicted molar refractivity (Wildman–Crippen MR) is 94.9 cm³/mol. The molecule has 1 amide bonds. The summed E-state index contributed by atoms with van der Waals surface area (Å²) in [5.41, 5.74) is 1.68. The second-order valence-corrected chi connectivity index (χ2v) is 7.63. The number of azo groups is 1. The van der Waals surface area contributed by atoms with Gasteiger partial charge in [0, 0.05) is 6.26 Å². The van der Waals surface area contributed by atoms with Crippen molar-refractivity contribution in [3.05, 3.63) is 54.6 Å². The van der Waals surface area contributed by atoms with Crippen molar-refractivity contribution in [3.63, 3.8) is 0 Å². The van der Waals surface area contributed by atoms with E-state index in [1.165, 1.54) is 17.1 Å². The summed E-state index contributed by atoms with van der Waals surface area (Å²) in [4.78, 5) is 12.7. The van der Waals surface area contributed by atoms with Gasteiger partial charge in [-0.05, 0) is 43.3 Å². The summed E-state index contributed by atoms with van der Waals surface area (Å²) < 4.78 is 22.9. The third-order valence-corrected chi connectivity index (χ3v) is 4.78. The van der Waals surface area contributed by atoms with Crippen molar-refractivity contribution < 1.29 is 13.2 Å². The number of sulfone groups is 1. The minimum absolute atomic E-state index is 0.205. The van der Waals surface area contributed by atoms with Gasteiger partial charge in [0.15, 0.2) is 15.9 Å². The Morgan fingerprint density at radius 2 is 1.68 bits per heavy atom. The van der Waals surface area contributed by atoms with Crippen LogP contribution in [0.4, 0.5) is 11.4 Å². The summed E-state index contributed by atoms with van der Waals surface area (Å²) >= 11 is 0. The highest BCUT2D eigenvalue weighted by molar-refractivity contribution is 7.90. The molecule has 3 rings (SSSR count). The molecule has 0 radical (unpaired) electrons. The summed E-state index contributed by atoms with van der Waals surface area (Å²) in [6.07, 6.45) is 1.14. The molecule has 25 heavy (non-hydrogen) atoms. The first-order valence-corrected chi connectivity index (χ1v) is 9.40. The Balaban J connectivity index is 1.78. The van der Waals surface area contributed by atoms with Crippen LogP contribution in [0.2, 0.25) is 0 Å². The lowest BCUT2D eigenvalue weighted by atomic mass is 10.2. The molecular weight excluding hydrogens is 340 g/mol. The lowest BCUT2D eigenvalue weighted by molar-refractivity contribution is -0.117. The largest absolute Gasteiger partial charge is 0.280 e. The molecule has 2 aromatic carbocycles. The Labute approximate surface area is 145 Å². The van der Waals surface area contributed by atoms with E-state index < -0.39 is 15.9 Å². The van der Waals surface area contributed by atoms with Crippen LogP contribution in [0, 0.1) is 0 Å². The van der Waals surface area contributed by atoms with E-state index in [0.717, 1.165) is 6.26 Å². The molecule has 1 aliphatic rings. The molecule has 8 heteroatoms. The highest BCUT2D eigenvalue weighted by atomic mass is 32.2. The monoisotopic (exact) mass is 356 g/mol. The van der Waals surface area contributed by atoms with E-state index in [0.29, 0.717) is 17.1 Å². The maximum absolute atomic E-state index is 12.5. The van der Waals surface area contributed by atoms with Gasteiger partial charge in [0.05, 0.1) is 22.0 Å². The van der Waals surface area contributed by atoms with Crippen LogP contribution in [-0.4, -0.2) is 32.3 Å². The Morgan fingerprint density at radius 1 is 1.04 bits per heavy atom. The third kappa shape index (κ3) is 3.63. The van der Waals surface area contributed by atoms with Crippen LogP contribution in [0.3, 0.4) is 0 Å². The van der Waals surface area contributed by atoms with Crippen molar-refractivity contribution in [2.24, 2.45) is 15.3 Å². The first kappa shape index (κ1) is 17.0. The number of para-hydroxylation sites is 1. The van der Waals surface area contributed by atoms with Crippen LogP contribution in [0.1, 0.15) is 6.92 Å². The van der Waals surface area contributed by atoms with Gasteiger partial charge in [0.2, 0.25) is 0 Å². The van der Waals surface area contributed by atoms with E-state index in [1.807, 2.05) is 18.2 Å². The fourth-order valence-corrected chi connectivity index (χ4v) is 2.96. The normalized spacial score (nSPS) is 18.0. The quantitative estimate of drug-likeness (QED) is 0.789. The number of hydrazone groups is 1. The van der Waals surface area contributed by atoms with E-state index in [2.05, 4.69) is 15.3 Å². The zero-order valence-corrected chi connectivity index (χ0v) is 14.5. The van der Waals surface area contributed by atoms with Crippen LogP contribution in [0.15, 0.2) is 74.8 Å². The van der Waals surface area contributed by atoms with E-state index >= 15 is 0 Å². The van der Waals surface area contributed by atoms with Crippen molar-refractivity contribution in [1.29, 1.82) is 0 Å². The molecule has 0 saturated carbocycles. The Hall–Kier alpha value is -2.87. The molecule has 128 valence electrons. The second-order valence-electron chi connectivity index (χ2n) is 5.61. The lowest BCUT2D eigenvalue weighted by Gasteiger charge is -2.11. The fraction of sp³-hybridized carbons (Fsp3) is 0.176. The number of amides is 1. The topological polar surface area (TPSA) is 91.5 Å². The molecule has 0 fully saturated rings. The minimum Gasteiger partial charge on any atom is -0.269 e. The molecule has 0 bridgehead atoms. The van der Waals surface area contributed by atoms with Crippen molar-refractivity contribution >= 4 is 32.8 Å². The maximum atomic E-state index is 12.5. The number of rotatable bonds is 4. The number of carbonyl (C=O) groups excluding carboxylic acids is 1. The van der Waals surface area contributed by atoms with Crippen LogP contribution < -0.4 is 5.01 Å². The highest BCUT2D eigenvalue weighted by Gasteiger charge is 2.34. The molecule has 2 aromatic rings. The average Bonchev–Trinajstić information content (AvgIpc) is 2.88. The van der Waals surface area contributed by atoms with Crippen molar-refractivity contribution in [3.8, 4) is 0 Å². The van der Waals surface area contributed by atoms with Gasteiger partial charge in [-0.1, -0.05) is 18.2 Å². The zero-order chi connectivity index (χ0) is 18.0. The number of carbonyl (C=O) groups is 1. The lowest BCUT2D eigenvalue weighted by Crippen LogP contribution is -2.29. The molecule has 1 unspecified atom stereocenters. The SMILES string of the molecule is CC1=NN(c2ccccc2)C(=O)C1N=Nc1ccc(S(C)(=O)=O)cc1. The maximum Gasteiger partial charge on any atom is 0.280 e. The number of benzene rings is 2. The molecule has 1 heterocycles. The zero-order valence-electron chi connectivity index (χ0n) is 13.7. The van der Waals surface area contributed by atoms with Crippen LogP contribution in [0.5, 0.6) is 0 Å². The number of nitrogens with zero attached hydrogens (tertiary/aromatic N) is 4. The van der Waals surface area contributed by atoms with Crippen molar-refractivity contribution in [2.75, 3.05) is 11.3 Å². The summed E-state index contributed by atoms with van der Waals surface area (Å²) in [5.74, 6) is -0.278. The first-order valence-electron chi connectivity index (χ1n) is 7.51. The Bertz CT molecular complexity index is 951. The number of hydrogen-bond acceptors (Lipinski definition) is 6. The highest BCUT2D eigenvalue weighted by Crippen LogP contribution is 2.23. The minimum atomic E-state index is -3.26. The van der Waals surface area contributed by atoms with Gasteiger partial charge in [0.1, 0.15) is 0 Å². The standard InChI is InChI=1S/C17H16N4O3S/c1-12-16(17(22)21(20-12)14-6-4-3-5-7-14)19-18-13-8-10-15(11-9-13)25(2,23)24/h3-11,16H,1-2H3. The average molecular weight is 356 g/mol. The summed E-state index contributed by atoms with van der Waals surface area (Å²) in [6, 6.07) is 14.3. The summed E-state index contributed by atoms with van der Waals surface area (Å²) in [5, 5.41) is 13.7. The molecule has 0 aromatic heterocycles. The first-order chi connectivity index (χ1) is 11.9.